The summed E-state index contributed by atoms with van der Waals surface area (Å²) in [4.78, 5) is 12.3. The molecule has 23 heavy (non-hydrogen) atoms. The Labute approximate surface area is 140 Å². The Morgan fingerprint density at radius 1 is 1.35 bits per heavy atom. The number of nitrogens with one attached hydrogen (secondary N) is 2. The summed E-state index contributed by atoms with van der Waals surface area (Å²) in [6, 6.07) is 7.57. The van der Waals surface area contributed by atoms with E-state index in [0.717, 1.165) is 25.9 Å². The van der Waals surface area contributed by atoms with Crippen molar-refractivity contribution in [2.24, 2.45) is 0 Å². The van der Waals surface area contributed by atoms with Crippen molar-refractivity contribution >= 4 is 24.0 Å². The van der Waals surface area contributed by atoms with Gasteiger partial charge in [0, 0.05) is 0 Å². The Morgan fingerprint density at radius 3 is 2.83 bits per heavy atom. The van der Waals surface area contributed by atoms with Crippen LogP contribution in [0.2, 0.25) is 0 Å². The van der Waals surface area contributed by atoms with Crippen molar-refractivity contribution in [3.8, 4) is 5.75 Å². The Hall–Kier alpha value is -2.12. The van der Waals surface area contributed by atoms with Crippen LogP contribution in [-0.4, -0.2) is 41.1 Å². The topological polar surface area (TPSA) is 81.1 Å². The highest BCUT2D eigenvalue weighted by Gasteiger charge is 2.19. The number of aromatic nitrogens is 3. The second-order valence-corrected chi connectivity index (χ2v) is 5.22. The number of hydrogen-bond donors (Lipinski definition) is 2. The molecule has 2 N–H and O–H groups in total. The van der Waals surface area contributed by atoms with Gasteiger partial charge in [-0.25, -0.2) is 4.68 Å². The normalized spacial score (nSPS) is 14.8. The largest absolute Gasteiger partial charge is 0.495 e. The molecule has 0 atom stereocenters. The maximum Gasteiger partial charge on any atom is 0.277 e. The molecule has 1 aromatic carbocycles. The third kappa shape index (κ3) is 4.00. The number of hydrogen-bond acceptors (Lipinski definition) is 5. The highest BCUT2D eigenvalue weighted by molar-refractivity contribution is 6.03. The summed E-state index contributed by atoms with van der Waals surface area (Å²) >= 11 is 0. The fourth-order valence-electron chi connectivity index (χ4n) is 2.56. The van der Waals surface area contributed by atoms with E-state index in [9.17, 15) is 4.79 Å². The Bertz CT molecular complexity index is 655. The van der Waals surface area contributed by atoms with E-state index < -0.39 is 0 Å². The number of amides is 1. The molecule has 3 rings (SSSR count). The molecule has 1 aromatic heterocycles. The predicted octanol–water partition coefficient (Wildman–Crippen LogP) is 1.89. The summed E-state index contributed by atoms with van der Waals surface area (Å²) < 4.78 is 7.01. The first-order valence-electron chi connectivity index (χ1n) is 7.35. The number of anilines is 1. The quantitative estimate of drug-likeness (QED) is 0.890. The number of rotatable bonds is 4. The second-order valence-electron chi connectivity index (χ2n) is 5.22. The average molecular weight is 338 g/mol. The molecule has 2 aromatic rings. The minimum atomic E-state index is -0.287. The van der Waals surface area contributed by atoms with Crippen molar-refractivity contribution in [2.45, 2.75) is 18.9 Å². The summed E-state index contributed by atoms with van der Waals surface area (Å²) in [6.45, 7) is 1.93. The number of nitrogens with zero attached hydrogens (tertiary/aromatic N) is 3. The van der Waals surface area contributed by atoms with Crippen LogP contribution in [0.15, 0.2) is 30.5 Å². The number of carbonyl (C=O) groups excluding carboxylic acids is 1. The molecule has 8 heteroatoms. The summed E-state index contributed by atoms with van der Waals surface area (Å²) in [5.41, 5.74) is 0.927. The van der Waals surface area contributed by atoms with Gasteiger partial charge in [-0.15, -0.1) is 17.5 Å². The van der Waals surface area contributed by atoms with Gasteiger partial charge in [0.15, 0.2) is 5.69 Å². The van der Waals surface area contributed by atoms with Gasteiger partial charge in [0.1, 0.15) is 5.75 Å². The number of ether oxygens (including phenoxy) is 1. The minimum absolute atomic E-state index is 0. The molecule has 1 fully saturated rings. The zero-order chi connectivity index (χ0) is 15.4. The standard InChI is InChI=1S/C15H19N5O2.ClH/c1-22-14-5-3-2-4-12(14)17-15(21)13-10-20(19-18-13)11-6-8-16-9-7-11;/h2-5,10-11,16H,6-9H2,1H3,(H,17,21);1H. The summed E-state index contributed by atoms with van der Waals surface area (Å²) in [7, 11) is 1.57. The molecule has 1 aliphatic rings. The minimum Gasteiger partial charge on any atom is -0.495 e. The monoisotopic (exact) mass is 337 g/mol. The van der Waals surface area contributed by atoms with Gasteiger partial charge in [-0.3, -0.25) is 4.79 Å². The van der Waals surface area contributed by atoms with E-state index in [-0.39, 0.29) is 18.3 Å². The molecule has 2 heterocycles. The SMILES string of the molecule is COc1ccccc1NC(=O)c1cn(C2CCNCC2)nn1.Cl. The molecular weight excluding hydrogens is 318 g/mol. The zero-order valence-electron chi connectivity index (χ0n) is 12.9. The predicted molar refractivity (Wildman–Crippen MR) is 89.4 cm³/mol. The average Bonchev–Trinajstić information content (AvgIpc) is 3.06. The van der Waals surface area contributed by atoms with E-state index in [1.54, 1.807) is 30.1 Å². The van der Waals surface area contributed by atoms with Crippen LogP contribution >= 0.6 is 12.4 Å². The smallest absolute Gasteiger partial charge is 0.277 e. The van der Waals surface area contributed by atoms with Gasteiger partial charge < -0.3 is 15.4 Å². The molecule has 0 spiro atoms. The van der Waals surface area contributed by atoms with Crippen LogP contribution in [0.3, 0.4) is 0 Å². The highest BCUT2D eigenvalue weighted by Crippen LogP contribution is 2.23. The van der Waals surface area contributed by atoms with E-state index in [2.05, 4.69) is 20.9 Å². The number of benzene rings is 1. The lowest BCUT2D eigenvalue weighted by atomic mass is 10.1. The molecule has 7 nitrogen and oxygen atoms in total. The fraction of sp³-hybridized carbons (Fsp3) is 0.400. The third-order valence-corrected chi connectivity index (χ3v) is 3.78. The first-order valence-corrected chi connectivity index (χ1v) is 7.35. The van der Waals surface area contributed by atoms with Crippen molar-refractivity contribution < 1.29 is 9.53 Å². The Morgan fingerprint density at radius 2 is 2.09 bits per heavy atom. The van der Waals surface area contributed by atoms with E-state index in [0.29, 0.717) is 23.2 Å². The Kier molecular flexibility index (Phi) is 5.95. The first-order chi connectivity index (χ1) is 10.8. The molecular formula is C15H20ClN5O2. The van der Waals surface area contributed by atoms with Gasteiger partial charge in [-0.1, -0.05) is 17.3 Å². The summed E-state index contributed by atoms with van der Waals surface area (Å²) in [6.07, 6.45) is 3.70. The van der Waals surface area contributed by atoms with Crippen LogP contribution < -0.4 is 15.4 Å². The fourth-order valence-corrected chi connectivity index (χ4v) is 2.56. The van der Waals surface area contributed by atoms with E-state index in [1.807, 2.05) is 12.1 Å². The summed E-state index contributed by atoms with van der Waals surface area (Å²) in [5.74, 6) is 0.325. The van der Waals surface area contributed by atoms with Crippen molar-refractivity contribution in [1.82, 2.24) is 20.3 Å². The molecule has 1 aliphatic heterocycles. The van der Waals surface area contributed by atoms with Crippen LogP contribution in [0.5, 0.6) is 5.75 Å². The first kappa shape index (κ1) is 17.2. The van der Waals surface area contributed by atoms with Crippen LogP contribution in [0, 0.1) is 0 Å². The number of methoxy groups -OCH3 is 1. The van der Waals surface area contributed by atoms with E-state index >= 15 is 0 Å². The number of piperidine rings is 1. The van der Waals surface area contributed by atoms with Crippen molar-refractivity contribution in [3.05, 3.63) is 36.2 Å². The van der Waals surface area contributed by atoms with Crippen LogP contribution in [-0.2, 0) is 0 Å². The third-order valence-electron chi connectivity index (χ3n) is 3.78. The van der Waals surface area contributed by atoms with Gasteiger partial charge in [0.2, 0.25) is 0 Å². The Balaban J connectivity index is 0.00000192. The lowest BCUT2D eigenvalue weighted by molar-refractivity contribution is 0.102. The van der Waals surface area contributed by atoms with Gasteiger partial charge >= 0.3 is 0 Å². The molecule has 1 saturated heterocycles. The van der Waals surface area contributed by atoms with Gasteiger partial charge in [-0.05, 0) is 38.1 Å². The van der Waals surface area contributed by atoms with Crippen molar-refractivity contribution in [1.29, 1.82) is 0 Å². The van der Waals surface area contributed by atoms with Gasteiger partial charge in [0.25, 0.3) is 5.91 Å². The van der Waals surface area contributed by atoms with Gasteiger partial charge in [-0.2, -0.15) is 0 Å². The zero-order valence-corrected chi connectivity index (χ0v) is 13.7. The number of carbonyl (C=O) groups is 1. The lowest BCUT2D eigenvalue weighted by Crippen LogP contribution is -2.29. The molecule has 0 bridgehead atoms. The molecule has 0 radical (unpaired) electrons. The van der Waals surface area contributed by atoms with Crippen LogP contribution in [0.25, 0.3) is 0 Å². The van der Waals surface area contributed by atoms with E-state index in [4.69, 9.17) is 4.74 Å². The van der Waals surface area contributed by atoms with Crippen LogP contribution in [0.4, 0.5) is 5.69 Å². The van der Waals surface area contributed by atoms with Crippen molar-refractivity contribution in [2.75, 3.05) is 25.5 Å². The van der Waals surface area contributed by atoms with Crippen molar-refractivity contribution in [3.63, 3.8) is 0 Å². The molecule has 124 valence electrons. The molecule has 0 saturated carbocycles. The highest BCUT2D eigenvalue weighted by atomic mass is 35.5. The van der Waals surface area contributed by atoms with Gasteiger partial charge in [0.05, 0.1) is 25.0 Å². The maximum atomic E-state index is 12.3. The van der Waals surface area contributed by atoms with E-state index in [1.165, 1.54) is 0 Å². The molecule has 0 aliphatic carbocycles. The molecule has 1 amide bonds. The summed E-state index contributed by atoms with van der Waals surface area (Å²) in [5, 5.41) is 14.2. The number of halogens is 1. The van der Waals surface area contributed by atoms with Crippen LogP contribution in [0.1, 0.15) is 29.4 Å². The molecule has 0 unspecified atom stereocenters. The maximum absolute atomic E-state index is 12.3. The second kappa shape index (κ2) is 7.94. The number of para-hydroxylation sites is 2. The lowest BCUT2D eigenvalue weighted by Gasteiger charge is -2.22.